The lowest BCUT2D eigenvalue weighted by atomic mass is 10.3. The first kappa shape index (κ1) is 13.4. The summed E-state index contributed by atoms with van der Waals surface area (Å²) in [6, 6.07) is -0.149. The molecule has 0 aromatic rings. The summed E-state index contributed by atoms with van der Waals surface area (Å²) in [6.45, 7) is 5.64. The molecule has 0 amide bonds. The van der Waals surface area contributed by atoms with Gasteiger partial charge in [-0.2, -0.15) is 4.31 Å². The van der Waals surface area contributed by atoms with Gasteiger partial charge >= 0.3 is 5.97 Å². The molecule has 0 aromatic heterocycles. The number of carboxylic acids is 1. The van der Waals surface area contributed by atoms with Crippen LogP contribution in [0.3, 0.4) is 0 Å². The average Bonchev–Trinajstić information content (AvgIpc) is 2.02. The van der Waals surface area contributed by atoms with Gasteiger partial charge in [-0.05, 0) is 13.3 Å². The van der Waals surface area contributed by atoms with Crippen LogP contribution in [0.25, 0.3) is 0 Å². The molecule has 1 atom stereocenters. The molecule has 0 aliphatic carbocycles. The van der Waals surface area contributed by atoms with E-state index in [4.69, 9.17) is 5.11 Å². The van der Waals surface area contributed by atoms with Crippen molar-refractivity contribution in [1.29, 1.82) is 0 Å². The van der Waals surface area contributed by atoms with Crippen molar-refractivity contribution in [3.05, 3.63) is 0 Å². The number of rotatable bonds is 6. The molecule has 0 heterocycles. The van der Waals surface area contributed by atoms with Crippen LogP contribution in [-0.2, 0) is 14.8 Å². The van der Waals surface area contributed by atoms with Crippen molar-refractivity contribution in [3.8, 4) is 0 Å². The fraction of sp³-hybridized carbons (Fsp3) is 0.875. The Balaban J connectivity index is 4.75. The van der Waals surface area contributed by atoms with Crippen LogP contribution in [0.1, 0.15) is 27.2 Å². The fourth-order valence-electron chi connectivity index (χ4n) is 1.23. The van der Waals surface area contributed by atoms with Crippen molar-refractivity contribution >= 4 is 16.0 Å². The van der Waals surface area contributed by atoms with Crippen LogP contribution in [0, 0.1) is 0 Å². The summed E-state index contributed by atoms with van der Waals surface area (Å²) < 4.78 is 24.3. The van der Waals surface area contributed by atoms with E-state index in [9.17, 15) is 13.2 Å². The molecule has 0 aliphatic rings. The van der Waals surface area contributed by atoms with E-state index in [0.717, 1.165) is 0 Å². The Morgan fingerprint density at radius 2 is 1.93 bits per heavy atom. The number of hydrogen-bond donors (Lipinski definition) is 1. The van der Waals surface area contributed by atoms with Gasteiger partial charge in [0.05, 0.1) is 0 Å². The Kier molecular flexibility index (Phi) is 5.07. The first-order valence-electron chi connectivity index (χ1n) is 4.56. The van der Waals surface area contributed by atoms with Crippen molar-refractivity contribution in [2.45, 2.75) is 33.2 Å². The quantitative estimate of drug-likeness (QED) is 0.712. The summed E-state index contributed by atoms with van der Waals surface area (Å²) in [7, 11) is -3.65. The van der Waals surface area contributed by atoms with Gasteiger partial charge in [0, 0.05) is 12.6 Å². The molecular weight excluding hydrogens is 206 g/mol. The number of nitrogens with zero attached hydrogens (tertiary/aromatic N) is 1. The van der Waals surface area contributed by atoms with Crippen molar-refractivity contribution in [3.63, 3.8) is 0 Å². The maximum absolute atomic E-state index is 11.5. The van der Waals surface area contributed by atoms with Crippen molar-refractivity contribution in [2.75, 3.05) is 12.3 Å². The maximum Gasteiger partial charge on any atom is 0.320 e. The molecule has 1 unspecified atom stereocenters. The second-order valence-corrected chi connectivity index (χ2v) is 5.03. The molecule has 84 valence electrons. The lowest BCUT2D eigenvalue weighted by Crippen LogP contribution is -2.41. The smallest absolute Gasteiger partial charge is 0.320 e. The second-order valence-electron chi connectivity index (χ2n) is 3.11. The molecule has 0 saturated heterocycles. The largest absolute Gasteiger partial charge is 0.480 e. The number of aliphatic carboxylic acids is 1. The predicted molar refractivity (Wildman–Crippen MR) is 53.6 cm³/mol. The standard InChI is InChI=1S/C8H17NO4S/c1-4-7(3)9(5-2)14(12,13)6-8(10)11/h7H,4-6H2,1-3H3,(H,10,11). The monoisotopic (exact) mass is 223 g/mol. The molecule has 5 nitrogen and oxygen atoms in total. The van der Waals surface area contributed by atoms with Crippen LogP contribution in [0.15, 0.2) is 0 Å². The van der Waals surface area contributed by atoms with Gasteiger partial charge < -0.3 is 5.11 Å². The van der Waals surface area contributed by atoms with Crippen LogP contribution < -0.4 is 0 Å². The van der Waals surface area contributed by atoms with Gasteiger partial charge in [0.15, 0.2) is 5.75 Å². The van der Waals surface area contributed by atoms with Gasteiger partial charge in [-0.1, -0.05) is 13.8 Å². The molecule has 0 bridgehead atoms. The Labute approximate surface area is 84.8 Å². The molecule has 6 heteroatoms. The zero-order valence-corrected chi connectivity index (χ0v) is 9.54. The van der Waals surface area contributed by atoms with Crippen LogP contribution in [0.5, 0.6) is 0 Å². The summed E-state index contributed by atoms with van der Waals surface area (Å²) in [4.78, 5) is 10.3. The van der Waals surface area contributed by atoms with Crippen molar-refractivity contribution in [2.24, 2.45) is 0 Å². The highest BCUT2D eigenvalue weighted by molar-refractivity contribution is 7.89. The number of hydrogen-bond acceptors (Lipinski definition) is 3. The minimum absolute atomic E-state index is 0.149. The van der Waals surface area contributed by atoms with E-state index in [-0.39, 0.29) is 6.04 Å². The Bertz CT molecular complexity index is 286. The third-order valence-electron chi connectivity index (χ3n) is 2.06. The van der Waals surface area contributed by atoms with E-state index in [1.54, 1.807) is 13.8 Å². The molecule has 1 N–H and O–H groups in total. The van der Waals surface area contributed by atoms with Crippen molar-refractivity contribution in [1.82, 2.24) is 4.31 Å². The minimum Gasteiger partial charge on any atom is -0.480 e. The summed E-state index contributed by atoms with van der Waals surface area (Å²) in [6.07, 6.45) is 0.673. The first-order chi connectivity index (χ1) is 6.35. The zero-order chi connectivity index (χ0) is 11.4. The third kappa shape index (κ3) is 3.63. The van der Waals surface area contributed by atoms with Gasteiger partial charge in [-0.15, -0.1) is 0 Å². The van der Waals surface area contributed by atoms with Crippen molar-refractivity contribution < 1.29 is 18.3 Å². The van der Waals surface area contributed by atoms with E-state index >= 15 is 0 Å². The Hall–Kier alpha value is -0.620. The molecule has 14 heavy (non-hydrogen) atoms. The molecule has 0 saturated carbocycles. The maximum atomic E-state index is 11.5. The molecule has 0 radical (unpaired) electrons. The zero-order valence-electron chi connectivity index (χ0n) is 8.73. The number of carbonyl (C=O) groups is 1. The highest BCUT2D eigenvalue weighted by atomic mass is 32.2. The summed E-state index contributed by atoms with van der Waals surface area (Å²) in [5.41, 5.74) is 0. The average molecular weight is 223 g/mol. The lowest BCUT2D eigenvalue weighted by molar-refractivity contribution is -0.134. The van der Waals surface area contributed by atoms with E-state index in [1.165, 1.54) is 4.31 Å². The highest BCUT2D eigenvalue weighted by Gasteiger charge is 2.26. The van der Waals surface area contributed by atoms with Gasteiger partial charge in [0.1, 0.15) is 0 Å². The predicted octanol–water partition coefficient (Wildman–Crippen LogP) is 0.521. The number of sulfonamides is 1. The van der Waals surface area contributed by atoms with Gasteiger partial charge in [0.2, 0.25) is 10.0 Å². The van der Waals surface area contributed by atoms with E-state index < -0.39 is 21.7 Å². The normalized spacial score (nSPS) is 14.3. The summed E-state index contributed by atoms with van der Waals surface area (Å²) >= 11 is 0. The number of carboxylic acid groups (broad SMARTS) is 1. The molecule has 0 aliphatic heterocycles. The van der Waals surface area contributed by atoms with Gasteiger partial charge in [0.25, 0.3) is 0 Å². The Morgan fingerprint density at radius 1 is 1.43 bits per heavy atom. The SMILES string of the molecule is CCC(C)N(CC)S(=O)(=O)CC(=O)O. The highest BCUT2D eigenvalue weighted by Crippen LogP contribution is 2.09. The van der Waals surface area contributed by atoms with Crippen LogP contribution in [-0.4, -0.2) is 42.1 Å². The molecule has 0 spiro atoms. The fourth-order valence-corrected chi connectivity index (χ4v) is 2.79. The van der Waals surface area contributed by atoms with E-state index in [1.807, 2.05) is 6.92 Å². The lowest BCUT2D eigenvalue weighted by Gasteiger charge is -2.25. The minimum atomic E-state index is -3.65. The first-order valence-corrected chi connectivity index (χ1v) is 6.17. The van der Waals surface area contributed by atoms with Gasteiger partial charge in [-0.25, -0.2) is 8.42 Å². The molecule has 0 rings (SSSR count). The molecular formula is C8H17NO4S. The molecule has 0 fully saturated rings. The summed E-state index contributed by atoms with van der Waals surface area (Å²) in [5.74, 6) is -2.14. The van der Waals surface area contributed by atoms with Crippen LogP contribution in [0.2, 0.25) is 0 Å². The molecule has 0 aromatic carbocycles. The second kappa shape index (κ2) is 5.31. The van der Waals surface area contributed by atoms with E-state index in [2.05, 4.69) is 0 Å². The topological polar surface area (TPSA) is 74.7 Å². The van der Waals surface area contributed by atoms with Crippen LogP contribution in [0.4, 0.5) is 0 Å². The Morgan fingerprint density at radius 3 is 2.21 bits per heavy atom. The van der Waals surface area contributed by atoms with Crippen LogP contribution >= 0.6 is 0 Å². The van der Waals surface area contributed by atoms with E-state index in [0.29, 0.717) is 13.0 Å². The summed E-state index contributed by atoms with van der Waals surface area (Å²) in [5, 5.41) is 8.44. The third-order valence-corrected chi connectivity index (χ3v) is 4.00. The van der Waals surface area contributed by atoms with Gasteiger partial charge in [-0.3, -0.25) is 4.79 Å².